The van der Waals surface area contributed by atoms with Gasteiger partial charge in [-0.2, -0.15) is 5.10 Å². The molecule has 0 aliphatic rings. The number of nitrogens with one attached hydrogen (secondary N) is 1. The summed E-state index contributed by atoms with van der Waals surface area (Å²) in [5, 5.41) is 4.68. The van der Waals surface area contributed by atoms with Crippen LogP contribution in [0.1, 0.15) is 18.2 Å². The molecule has 1 unspecified atom stereocenters. The standard InChI is InChI=1S/C18H19N3O2S/c1-3-15-12-18(14-6-4-13(2)5-7-14)21(19-15)17-10-8-16(9-11-17)20-24(22)23/h4-12,20H,3H2,1-2H3,(H,22,23). The van der Waals surface area contributed by atoms with E-state index in [1.165, 1.54) is 5.56 Å². The maximum absolute atomic E-state index is 10.8. The summed E-state index contributed by atoms with van der Waals surface area (Å²) in [6.45, 7) is 4.14. The summed E-state index contributed by atoms with van der Waals surface area (Å²) in [4.78, 5) is 0. The molecule has 124 valence electrons. The first kappa shape index (κ1) is 16.4. The monoisotopic (exact) mass is 341 g/mol. The molecule has 0 saturated heterocycles. The van der Waals surface area contributed by atoms with Gasteiger partial charge < -0.3 is 0 Å². The Hall–Kier alpha value is -2.44. The number of benzene rings is 2. The molecule has 2 aromatic carbocycles. The van der Waals surface area contributed by atoms with Crippen LogP contribution in [0.5, 0.6) is 0 Å². The molecular weight excluding hydrogens is 322 g/mol. The molecule has 0 saturated carbocycles. The van der Waals surface area contributed by atoms with Crippen LogP contribution in [0, 0.1) is 6.92 Å². The molecule has 0 fully saturated rings. The highest BCUT2D eigenvalue weighted by Gasteiger charge is 2.11. The van der Waals surface area contributed by atoms with Gasteiger partial charge in [0.2, 0.25) is 0 Å². The van der Waals surface area contributed by atoms with Crippen LogP contribution in [0.25, 0.3) is 16.9 Å². The predicted molar refractivity (Wildman–Crippen MR) is 97.5 cm³/mol. The molecule has 2 N–H and O–H groups in total. The quantitative estimate of drug-likeness (QED) is 0.690. The van der Waals surface area contributed by atoms with Crippen molar-refractivity contribution in [2.75, 3.05) is 4.72 Å². The highest BCUT2D eigenvalue weighted by atomic mass is 32.2. The molecule has 1 aromatic heterocycles. The minimum Gasteiger partial charge on any atom is -0.289 e. The van der Waals surface area contributed by atoms with Gasteiger partial charge in [0, 0.05) is 11.3 Å². The SMILES string of the molecule is CCc1cc(-c2ccc(C)cc2)n(-c2ccc(NS(=O)O)cc2)n1. The second kappa shape index (κ2) is 6.98. The lowest BCUT2D eigenvalue weighted by atomic mass is 10.1. The normalized spacial score (nSPS) is 12.1. The van der Waals surface area contributed by atoms with Gasteiger partial charge in [0.15, 0.2) is 0 Å². The minimum absolute atomic E-state index is 0.583. The molecule has 24 heavy (non-hydrogen) atoms. The van der Waals surface area contributed by atoms with Crippen molar-refractivity contribution in [3.8, 4) is 16.9 Å². The topological polar surface area (TPSA) is 67.2 Å². The number of hydrogen-bond donors (Lipinski definition) is 2. The zero-order valence-electron chi connectivity index (χ0n) is 13.6. The van der Waals surface area contributed by atoms with Crippen LogP contribution in [0.15, 0.2) is 54.6 Å². The molecule has 6 heteroatoms. The van der Waals surface area contributed by atoms with E-state index in [1.807, 2.05) is 16.8 Å². The lowest BCUT2D eigenvalue weighted by molar-refractivity contribution is 0.570. The average molecular weight is 341 g/mol. The zero-order chi connectivity index (χ0) is 17.1. The van der Waals surface area contributed by atoms with Gasteiger partial charge in [-0.3, -0.25) is 9.27 Å². The van der Waals surface area contributed by atoms with Crippen LogP contribution < -0.4 is 4.72 Å². The van der Waals surface area contributed by atoms with E-state index >= 15 is 0 Å². The fourth-order valence-electron chi connectivity index (χ4n) is 2.50. The molecule has 0 bridgehead atoms. The molecule has 1 atom stereocenters. The number of anilines is 1. The molecule has 0 spiro atoms. The number of hydrogen-bond acceptors (Lipinski definition) is 2. The smallest absolute Gasteiger partial charge is 0.259 e. The van der Waals surface area contributed by atoms with Gasteiger partial charge >= 0.3 is 0 Å². The average Bonchev–Trinajstić information content (AvgIpc) is 3.00. The maximum Gasteiger partial charge on any atom is 0.259 e. The summed E-state index contributed by atoms with van der Waals surface area (Å²) >= 11 is -2.07. The van der Waals surface area contributed by atoms with Crippen molar-refractivity contribution in [2.45, 2.75) is 20.3 Å². The summed E-state index contributed by atoms with van der Waals surface area (Å²) in [6, 6.07) is 17.7. The van der Waals surface area contributed by atoms with Gasteiger partial charge in [0.25, 0.3) is 11.3 Å². The maximum atomic E-state index is 10.8. The Balaban J connectivity index is 2.02. The van der Waals surface area contributed by atoms with Gasteiger partial charge in [0.05, 0.1) is 17.1 Å². The fraction of sp³-hybridized carbons (Fsp3) is 0.167. The Morgan fingerprint density at radius 2 is 1.79 bits per heavy atom. The van der Waals surface area contributed by atoms with Crippen LogP contribution in [0.2, 0.25) is 0 Å². The summed E-state index contributed by atoms with van der Waals surface area (Å²) in [7, 11) is 0. The number of aryl methyl sites for hydroxylation is 2. The first-order chi connectivity index (χ1) is 11.6. The molecule has 5 nitrogen and oxygen atoms in total. The Morgan fingerprint density at radius 1 is 1.12 bits per heavy atom. The molecule has 3 aromatic rings. The van der Waals surface area contributed by atoms with Gasteiger partial charge in [-0.25, -0.2) is 8.89 Å². The Labute approximate surface area is 143 Å². The first-order valence-electron chi connectivity index (χ1n) is 7.70. The van der Waals surface area contributed by atoms with Crippen molar-refractivity contribution >= 4 is 17.0 Å². The Bertz CT molecular complexity index is 855. The van der Waals surface area contributed by atoms with Crippen LogP contribution >= 0.6 is 0 Å². The highest BCUT2D eigenvalue weighted by Crippen LogP contribution is 2.25. The van der Waals surface area contributed by atoms with E-state index in [1.54, 1.807) is 12.1 Å². The third kappa shape index (κ3) is 3.55. The second-order valence-electron chi connectivity index (χ2n) is 5.55. The summed E-state index contributed by atoms with van der Waals surface area (Å²) < 4.78 is 24.1. The van der Waals surface area contributed by atoms with Crippen LogP contribution in [0.4, 0.5) is 5.69 Å². The summed E-state index contributed by atoms with van der Waals surface area (Å²) in [5.74, 6) is 0. The largest absolute Gasteiger partial charge is 0.289 e. The third-order valence-corrected chi connectivity index (χ3v) is 4.20. The third-order valence-electron chi connectivity index (χ3n) is 3.79. The molecule has 3 rings (SSSR count). The summed E-state index contributed by atoms with van der Waals surface area (Å²) in [6.07, 6.45) is 0.856. The van der Waals surface area contributed by atoms with Crippen LogP contribution in [-0.4, -0.2) is 18.5 Å². The van der Waals surface area contributed by atoms with Gasteiger partial charge in [-0.05, 0) is 43.7 Å². The van der Waals surface area contributed by atoms with Gasteiger partial charge in [-0.15, -0.1) is 0 Å². The van der Waals surface area contributed by atoms with E-state index in [0.29, 0.717) is 5.69 Å². The van der Waals surface area contributed by atoms with E-state index in [-0.39, 0.29) is 0 Å². The fourth-order valence-corrected chi connectivity index (χ4v) is 2.84. The number of rotatable bonds is 5. The molecule has 0 aliphatic heterocycles. The van der Waals surface area contributed by atoms with Crippen molar-refractivity contribution < 1.29 is 8.76 Å². The molecule has 0 aliphatic carbocycles. The van der Waals surface area contributed by atoms with Crippen LogP contribution in [0.3, 0.4) is 0 Å². The molecule has 1 heterocycles. The van der Waals surface area contributed by atoms with Crippen molar-refractivity contribution in [1.29, 1.82) is 0 Å². The van der Waals surface area contributed by atoms with Crippen LogP contribution in [-0.2, 0) is 17.7 Å². The van der Waals surface area contributed by atoms with E-state index < -0.39 is 11.3 Å². The number of aromatic nitrogens is 2. The number of nitrogens with zero attached hydrogens (tertiary/aromatic N) is 2. The van der Waals surface area contributed by atoms with Gasteiger partial charge in [-0.1, -0.05) is 36.8 Å². The van der Waals surface area contributed by atoms with Gasteiger partial charge in [0.1, 0.15) is 0 Å². The zero-order valence-corrected chi connectivity index (χ0v) is 14.4. The lowest BCUT2D eigenvalue weighted by Crippen LogP contribution is -2.03. The van der Waals surface area contributed by atoms with Crippen molar-refractivity contribution in [1.82, 2.24) is 9.78 Å². The molecule has 0 radical (unpaired) electrons. The minimum atomic E-state index is -2.07. The first-order valence-corrected chi connectivity index (χ1v) is 8.81. The van der Waals surface area contributed by atoms with Crippen molar-refractivity contribution in [3.05, 3.63) is 65.9 Å². The van der Waals surface area contributed by atoms with E-state index in [9.17, 15) is 4.21 Å². The van der Waals surface area contributed by atoms with E-state index in [2.05, 4.69) is 54.0 Å². The Morgan fingerprint density at radius 3 is 2.38 bits per heavy atom. The molecular formula is C18H19N3O2S. The van der Waals surface area contributed by atoms with E-state index in [0.717, 1.165) is 29.1 Å². The second-order valence-corrected chi connectivity index (χ2v) is 6.25. The highest BCUT2D eigenvalue weighted by molar-refractivity contribution is 7.80. The molecule has 0 amide bonds. The van der Waals surface area contributed by atoms with Crippen molar-refractivity contribution in [3.63, 3.8) is 0 Å². The van der Waals surface area contributed by atoms with E-state index in [4.69, 9.17) is 4.55 Å². The predicted octanol–water partition coefficient (Wildman–Crippen LogP) is 3.96. The van der Waals surface area contributed by atoms with Crippen molar-refractivity contribution in [2.24, 2.45) is 0 Å². The summed E-state index contributed by atoms with van der Waals surface area (Å²) in [5.41, 5.74) is 5.85. The lowest BCUT2D eigenvalue weighted by Gasteiger charge is -2.09. The Kier molecular flexibility index (Phi) is 4.78.